The molecule has 1 amide bonds. The van der Waals surface area contributed by atoms with Crippen LogP contribution >= 0.6 is 0 Å². The van der Waals surface area contributed by atoms with Crippen LogP contribution in [0.25, 0.3) is 0 Å². The lowest BCUT2D eigenvalue weighted by Gasteiger charge is -2.43. The van der Waals surface area contributed by atoms with E-state index in [2.05, 4.69) is 22.4 Å². The van der Waals surface area contributed by atoms with Gasteiger partial charge in [-0.25, -0.2) is 13.4 Å². The second kappa shape index (κ2) is 8.06. The number of anilines is 1. The SMILES string of the molecule is C=CS(=O)(=O)N1CCc2c(C#N)c(N3CCN(C(=O)C4CC4)C(C4CC4)C3)nc(C3CC3)c2C1. The van der Waals surface area contributed by atoms with Crippen LogP contribution in [0.15, 0.2) is 12.0 Å². The number of sulfonamides is 1. The number of nitriles is 1. The van der Waals surface area contributed by atoms with Gasteiger partial charge in [0, 0.05) is 50.0 Å². The molecule has 34 heavy (non-hydrogen) atoms. The fourth-order valence-corrected chi connectivity index (χ4v) is 6.58. The van der Waals surface area contributed by atoms with Gasteiger partial charge in [-0.15, -0.1) is 0 Å². The van der Waals surface area contributed by atoms with Gasteiger partial charge in [0.2, 0.25) is 15.9 Å². The normalized spacial score (nSPS) is 25.6. The highest BCUT2D eigenvalue weighted by Crippen LogP contribution is 2.46. The predicted octanol–water partition coefficient (Wildman–Crippen LogP) is 2.50. The monoisotopic (exact) mass is 481 g/mol. The number of fused-ring (bicyclic) bond motifs is 1. The third kappa shape index (κ3) is 3.81. The summed E-state index contributed by atoms with van der Waals surface area (Å²) in [6, 6.07) is 2.62. The van der Waals surface area contributed by atoms with Gasteiger partial charge >= 0.3 is 0 Å². The molecule has 3 saturated carbocycles. The minimum Gasteiger partial charge on any atom is -0.352 e. The van der Waals surface area contributed by atoms with Crippen molar-refractivity contribution in [2.24, 2.45) is 11.8 Å². The smallest absolute Gasteiger partial charge is 0.235 e. The first-order chi connectivity index (χ1) is 16.4. The molecular formula is C25H31N5O3S. The predicted molar refractivity (Wildman–Crippen MR) is 127 cm³/mol. The Labute approximate surface area is 201 Å². The molecule has 1 aromatic heterocycles. The van der Waals surface area contributed by atoms with Gasteiger partial charge in [0.1, 0.15) is 11.9 Å². The molecule has 4 fully saturated rings. The number of piperazine rings is 1. The fraction of sp³-hybridized carbons (Fsp3) is 0.640. The highest BCUT2D eigenvalue weighted by molar-refractivity contribution is 7.91. The highest BCUT2D eigenvalue weighted by atomic mass is 32.2. The molecule has 1 aromatic rings. The first kappa shape index (κ1) is 22.1. The van der Waals surface area contributed by atoms with Gasteiger partial charge in [-0.3, -0.25) is 4.79 Å². The molecule has 9 heteroatoms. The molecule has 0 aromatic carbocycles. The Balaban J connectivity index is 1.35. The molecule has 180 valence electrons. The summed E-state index contributed by atoms with van der Waals surface area (Å²) in [6.07, 6.45) is 6.97. The quantitative estimate of drug-likeness (QED) is 0.619. The van der Waals surface area contributed by atoms with Gasteiger partial charge in [0.15, 0.2) is 0 Å². The maximum Gasteiger partial charge on any atom is 0.235 e. The first-order valence-electron chi connectivity index (χ1n) is 12.5. The summed E-state index contributed by atoms with van der Waals surface area (Å²) in [5, 5.41) is 11.2. The van der Waals surface area contributed by atoms with Crippen LogP contribution in [0, 0.1) is 23.2 Å². The highest BCUT2D eigenvalue weighted by Gasteiger charge is 2.45. The molecule has 0 bridgehead atoms. The molecule has 6 rings (SSSR count). The number of carbonyl (C=O) groups is 1. The minimum absolute atomic E-state index is 0.198. The Morgan fingerprint density at radius 3 is 2.47 bits per heavy atom. The molecule has 3 aliphatic carbocycles. The van der Waals surface area contributed by atoms with Crippen molar-refractivity contribution < 1.29 is 13.2 Å². The third-order valence-electron chi connectivity index (χ3n) is 8.11. The summed E-state index contributed by atoms with van der Waals surface area (Å²) in [4.78, 5) is 22.4. The van der Waals surface area contributed by atoms with Crippen LogP contribution < -0.4 is 4.90 Å². The Morgan fingerprint density at radius 2 is 1.85 bits per heavy atom. The van der Waals surface area contributed by atoms with Gasteiger partial charge in [0.25, 0.3) is 0 Å². The van der Waals surface area contributed by atoms with Crippen LogP contribution in [0.3, 0.4) is 0 Å². The van der Waals surface area contributed by atoms with Gasteiger partial charge in [-0.2, -0.15) is 9.57 Å². The van der Waals surface area contributed by atoms with Gasteiger partial charge in [0.05, 0.1) is 17.3 Å². The first-order valence-corrected chi connectivity index (χ1v) is 14.1. The van der Waals surface area contributed by atoms with Gasteiger partial charge < -0.3 is 9.80 Å². The number of pyridine rings is 1. The van der Waals surface area contributed by atoms with E-state index in [0.29, 0.717) is 49.4 Å². The minimum atomic E-state index is -3.52. The molecule has 1 atom stereocenters. The maximum absolute atomic E-state index is 12.9. The van der Waals surface area contributed by atoms with Crippen molar-refractivity contribution in [2.75, 3.05) is 31.1 Å². The van der Waals surface area contributed by atoms with Crippen LogP contribution in [0.4, 0.5) is 5.82 Å². The van der Waals surface area contributed by atoms with Crippen molar-refractivity contribution in [1.82, 2.24) is 14.2 Å². The van der Waals surface area contributed by atoms with Gasteiger partial charge in [-0.1, -0.05) is 6.58 Å². The van der Waals surface area contributed by atoms with E-state index in [4.69, 9.17) is 4.98 Å². The van der Waals surface area contributed by atoms with Crippen molar-refractivity contribution in [3.63, 3.8) is 0 Å². The molecule has 1 unspecified atom stereocenters. The zero-order valence-corrected chi connectivity index (χ0v) is 20.3. The van der Waals surface area contributed by atoms with Crippen molar-refractivity contribution in [2.45, 2.75) is 63.5 Å². The lowest BCUT2D eigenvalue weighted by Crippen LogP contribution is -2.57. The summed E-state index contributed by atoms with van der Waals surface area (Å²) < 4.78 is 26.4. The summed E-state index contributed by atoms with van der Waals surface area (Å²) in [5.41, 5.74) is 3.43. The lowest BCUT2D eigenvalue weighted by molar-refractivity contribution is -0.135. The van der Waals surface area contributed by atoms with E-state index >= 15 is 0 Å². The third-order valence-corrected chi connectivity index (χ3v) is 9.56. The number of amides is 1. The molecule has 1 saturated heterocycles. The second-order valence-electron chi connectivity index (χ2n) is 10.5. The zero-order valence-electron chi connectivity index (χ0n) is 19.4. The topological polar surface area (TPSA) is 97.6 Å². The van der Waals surface area contributed by atoms with E-state index in [9.17, 15) is 18.5 Å². The molecule has 5 aliphatic rings. The van der Waals surface area contributed by atoms with Crippen LogP contribution in [0.5, 0.6) is 0 Å². The summed E-state index contributed by atoms with van der Waals surface area (Å²) in [7, 11) is -3.52. The number of aromatic nitrogens is 1. The van der Waals surface area contributed by atoms with E-state index in [1.54, 1.807) is 0 Å². The molecule has 8 nitrogen and oxygen atoms in total. The number of nitrogens with zero attached hydrogens (tertiary/aromatic N) is 5. The number of rotatable bonds is 6. The van der Waals surface area contributed by atoms with E-state index in [0.717, 1.165) is 73.1 Å². The van der Waals surface area contributed by atoms with Crippen LogP contribution in [0.2, 0.25) is 0 Å². The summed E-state index contributed by atoms with van der Waals surface area (Å²) in [6.45, 7) is 6.17. The average Bonchev–Trinajstić information content (AvgIpc) is 3.72. The second-order valence-corrected chi connectivity index (χ2v) is 12.4. The average molecular weight is 482 g/mol. The van der Waals surface area contributed by atoms with Crippen molar-refractivity contribution in [3.05, 3.63) is 34.4 Å². The van der Waals surface area contributed by atoms with E-state index in [1.165, 1.54) is 4.31 Å². The molecule has 0 spiro atoms. The Kier molecular flexibility index (Phi) is 5.23. The largest absolute Gasteiger partial charge is 0.352 e. The van der Waals surface area contributed by atoms with E-state index < -0.39 is 10.0 Å². The Bertz CT molecular complexity index is 1190. The maximum atomic E-state index is 12.9. The number of hydrogen-bond acceptors (Lipinski definition) is 6. The summed E-state index contributed by atoms with van der Waals surface area (Å²) in [5.74, 6) is 2.17. The molecule has 3 heterocycles. The molecular weight excluding hydrogens is 450 g/mol. The molecule has 0 radical (unpaired) electrons. The number of hydrogen-bond donors (Lipinski definition) is 0. The zero-order chi connectivity index (χ0) is 23.6. The van der Waals surface area contributed by atoms with Crippen molar-refractivity contribution >= 4 is 21.7 Å². The molecule has 0 N–H and O–H groups in total. The van der Waals surface area contributed by atoms with Crippen LogP contribution in [-0.4, -0.2) is 60.7 Å². The van der Waals surface area contributed by atoms with Crippen molar-refractivity contribution in [3.8, 4) is 6.07 Å². The Morgan fingerprint density at radius 1 is 1.09 bits per heavy atom. The van der Waals surface area contributed by atoms with Gasteiger partial charge in [-0.05, 0) is 62.0 Å². The fourth-order valence-electron chi connectivity index (χ4n) is 5.71. The lowest BCUT2D eigenvalue weighted by atomic mass is 9.93. The van der Waals surface area contributed by atoms with Crippen LogP contribution in [0.1, 0.15) is 66.8 Å². The van der Waals surface area contributed by atoms with E-state index in [-0.39, 0.29) is 18.5 Å². The van der Waals surface area contributed by atoms with E-state index in [1.807, 2.05) is 0 Å². The van der Waals surface area contributed by atoms with Crippen LogP contribution in [-0.2, 0) is 27.8 Å². The number of carbonyl (C=O) groups excluding carboxylic acids is 1. The Hall–Kier alpha value is -2.44. The van der Waals surface area contributed by atoms with Crippen molar-refractivity contribution in [1.29, 1.82) is 5.26 Å². The molecule has 2 aliphatic heterocycles. The standard InChI is InChI=1S/C25H31N5O3S/c1-2-34(32,33)29-10-9-19-20(13-26)24(27-23(17-5-6-17)21(19)14-29)28-11-12-30(25(31)18-7-8-18)22(15-28)16-3-4-16/h2,16-18,22H,1,3-12,14-15H2. The summed E-state index contributed by atoms with van der Waals surface area (Å²) >= 11 is 0.